The van der Waals surface area contributed by atoms with Gasteiger partial charge in [-0.3, -0.25) is 9.89 Å². The zero-order valence-electron chi connectivity index (χ0n) is 14.4. The molecule has 4 rings (SSSR count). The molecule has 4 aromatic rings. The number of nitrogens with one attached hydrogen (secondary N) is 1. The lowest BCUT2D eigenvalue weighted by molar-refractivity contribution is -0.198. The van der Waals surface area contributed by atoms with Crippen molar-refractivity contribution >= 4 is 5.65 Å². The Morgan fingerprint density at radius 1 is 1.00 bits per heavy atom. The lowest BCUT2D eigenvalue weighted by Gasteiger charge is -2.22. The molecule has 2 aromatic heterocycles. The number of fused-ring (bicyclic) bond motifs is 1. The van der Waals surface area contributed by atoms with Crippen molar-refractivity contribution < 1.29 is 17.9 Å². The third-order valence-electron chi connectivity index (χ3n) is 4.18. The van der Waals surface area contributed by atoms with Crippen LogP contribution in [-0.2, 0) is 0 Å². The lowest BCUT2D eigenvalue weighted by Crippen LogP contribution is -2.26. The van der Waals surface area contributed by atoms with E-state index in [1.807, 2.05) is 0 Å². The van der Waals surface area contributed by atoms with Crippen molar-refractivity contribution in [1.29, 1.82) is 0 Å². The SMILES string of the molecule is O=c1cc(-c2ccc(OC(c3ccccc3)C(F)(F)F)cc2)nc2cc[nH]n12. The molecule has 0 amide bonds. The number of halogens is 3. The van der Waals surface area contributed by atoms with E-state index in [2.05, 4.69) is 10.1 Å². The minimum Gasteiger partial charge on any atom is -0.476 e. The Morgan fingerprint density at radius 3 is 2.39 bits per heavy atom. The van der Waals surface area contributed by atoms with E-state index < -0.39 is 12.3 Å². The van der Waals surface area contributed by atoms with E-state index in [1.165, 1.54) is 47.0 Å². The molecule has 2 heterocycles. The molecule has 5 nitrogen and oxygen atoms in total. The summed E-state index contributed by atoms with van der Waals surface area (Å²) in [4.78, 5) is 16.4. The summed E-state index contributed by atoms with van der Waals surface area (Å²) >= 11 is 0. The van der Waals surface area contributed by atoms with Gasteiger partial charge in [0.05, 0.1) is 5.69 Å². The maximum Gasteiger partial charge on any atom is 0.429 e. The van der Waals surface area contributed by atoms with Gasteiger partial charge in [0.15, 0.2) is 5.65 Å². The van der Waals surface area contributed by atoms with E-state index in [0.29, 0.717) is 16.9 Å². The van der Waals surface area contributed by atoms with Crippen molar-refractivity contribution in [1.82, 2.24) is 14.6 Å². The average molecular weight is 385 g/mol. The zero-order chi connectivity index (χ0) is 19.7. The molecule has 1 N–H and O–H groups in total. The first kappa shape index (κ1) is 17.8. The maximum atomic E-state index is 13.4. The van der Waals surface area contributed by atoms with Gasteiger partial charge in [0.1, 0.15) is 5.75 Å². The van der Waals surface area contributed by atoms with Gasteiger partial charge in [0.2, 0.25) is 6.10 Å². The predicted octanol–water partition coefficient (Wildman–Crippen LogP) is 4.37. The van der Waals surface area contributed by atoms with Gasteiger partial charge in [-0.25, -0.2) is 9.50 Å². The Kier molecular flexibility index (Phi) is 4.38. The summed E-state index contributed by atoms with van der Waals surface area (Å²) in [6.45, 7) is 0. The Labute approximate surface area is 157 Å². The summed E-state index contributed by atoms with van der Waals surface area (Å²) in [6, 6.07) is 16.4. The first-order chi connectivity index (χ1) is 13.4. The molecule has 1 atom stereocenters. The summed E-state index contributed by atoms with van der Waals surface area (Å²) in [5, 5.41) is 2.74. The first-order valence-electron chi connectivity index (χ1n) is 8.38. The molecule has 0 aliphatic heterocycles. The van der Waals surface area contributed by atoms with Crippen molar-refractivity contribution in [2.75, 3.05) is 0 Å². The lowest BCUT2D eigenvalue weighted by atomic mass is 10.1. The summed E-state index contributed by atoms with van der Waals surface area (Å²) < 4.78 is 46.8. The summed E-state index contributed by atoms with van der Waals surface area (Å²) in [6.07, 6.45) is -5.04. The highest BCUT2D eigenvalue weighted by atomic mass is 19.4. The minimum atomic E-state index is -4.56. The van der Waals surface area contributed by atoms with Crippen molar-refractivity contribution in [3.05, 3.63) is 88.8 Å². The largest absolute Gasteiger partial charge is 0.476 e. The van der Waals surface area contributed by atoms with E-state index in [9.17, 15) is 18.0 Å². The van der Waals surface area contributed by atoms with Crippen molar-refractivity contribution in [2.45, 2.75) is 12.3 Å². The Hall–Kier alpha value is -3.55. The number of hydrogen-bond donors (Lipinski definition) is 1. The second-order valence-electron chi connectivity index (χ2n) is 6.11. The normalized spacial score (nSPS) is 12.8. The highest BCUT2D eigenvalue weighted by molar-refractivity contribution is 5.62. The van der Waals surface area contributed by atoms with Gasteiger partial charge in [-0.1, -0.05) is 30.3 Å². The predicted molar refractivity (Wildman–Crippen MR) is 97.1 cm³/mol. The minimum absolute atomic E-state index is 0.0201. The zero-order valence-corrected chi connectivity index (χ0v) is 14.4. The first-order valence-corrected chi connectivity index (χ1v) is 8.38. The molecule has 0 radical (unpaired) electrons. The van der Waals surface area contributed by atoms with Crippen LogP contribution in [0.4, 0.5) is 13.2 Å². The number of aromatic nitrogens is 3. The number of ether oxygens (including phenoxy) is 1. The average Bonchev–Trinajstić information content (AvgIpc) is 3.16. The van der Waals surface area contributed by atoms with Crippen LogP contribution in [0.2, 0.25) is 0 Å². The quantitative estimate of drug-likeness (QED) is 0.567. The number of hydrogen-bond acceptors (Lipinski definition) is 3. The van der Waals surface area contributed by atoms with Crippen LogP contribution < -0.4 is 10.3 Å². The van der Waals surface area contributed by atoms with Gasteiger partial charge >= 0.3 is 6.18 Å². The molecule has 28 heavy (non-hydrogen) atoms. The second kappa shape index (κ2) is 6.88. The third kappa shape index (κ3) is 3.48. The van der Waals surface area contributed by atoms with Gasteiger partial charge < -0.3 is 4.74 Å². The molecule has 0 aliphatic carbocycles. The van der Waals surface area contributed by atoms with Gasteiger partial charge in [-0.05, 0) is 24.3 Å². The molecular weight excluding hydrogens is 371 g/mol. The van der Waals surface area contributed by atoms with Crippen LogP contribution in [0.25, 0.3) is 16.9 Å². The molecule has 8 heteroatoms. The van der Waals surface area contributed by atoms with Crippen molar-refractivity contribution in [2.24, 2.45) is 0 Å². The van der Waals surface area contributed by atoms with Crippen LogP contribution in [0.1, 0.15) is 11.7 Å². The van der Waals surface area contributed by atoms with Gasteiger partial charge in [0.25, 0.3) is 5.56 Å². The standard InChI is InChI=1S/C20H14F3N3O2/c21-20(22,23)19(14-4-2-1-3-5-14)28-15-8-6-13(7-9-15)16-12-18(27)26-17(25-16)10-11-24-26/h1-12,19,24H. The Morgan fingerprint density at radius 2 is 1.71 bits per heavy atom. The molecule has 1 unspecified atom stereocenters. The molecule has 0 spiro atoms. The number of alkyl halides is 3. The van der Waals surface area contributed by atoms with Crippen LogP contribution >= 0.6 is 0 Å². The van der Waals surface area contributed by atoms with Gasteiger partial charge in [-0.2, -0.15) is 13.2 Å². The third-order valence-corrected chi connectivity index (χ3v) is 4.18. The van der Waals surface area contributed by atoms with E-state index in [4.69, 9.17) is 4.74 Å². The van der Waals surface area contributed by atoms with Crippen LogP contribution in [0.5, 0.6) is 5.75 Å². The van der Waals surface area contributed by atoms with Crippen LogP contribution in [0, 0.1) is 0 Å². The molecule has 0 bridgehead atoms. The summed E-state index contributed by atoms with van der Waals surface area (Å²) in [7, 11) is 0. The molecule has 2 aromatic carbocycles. The van der Waals surface area contributed by atoms with E-state index >= 15 is 0 Å². The number of nitrogens with zero attached hydrogens (tertiary/aromatic N) is 2. The Bertz CT molecular complexity index is 1150. The fourth-order valence-electron chi connectivity index (χ4n) is 2.87. The van der Waals surface area contributed by atoms with Crippen molar-refractivity contribution in [3.63, 3.8) is 0 Å². The molecule has 142 valence electrons. The smallest absolute Gasteiger partial charge is 0.429 e. The molecule has 0 fully saturated rings. The topological polar surface area (TPSA) is 59.4 Å². The van der Waals surface area contributed by atoms with Crippen LogP contribution in [-0.4, -0.2) is 20.8 Å². The van der Waals surface area contributed by atoms with Crippen molar-refractivity contribution in [3.8, 4) is 17.0 Å². The Balaban J connectivity index is 1.62. The van der Waals surface area contributed by atoms with Gasteiger partial charge in [0, 0.05) is 29.5 Å². The fourth-order valence-corrected chi connectivity index (χ4v) is 2.87. The van der Waals surface area contributed by atoms with Crippen LogP contribution in [0.15, 0.2) is 77.7 Å². The van der Waals surface area contributed by atoms with Gasteiger partial charge in [-0.15, -0.1) is 0 Å². The summed E-state index contributed by atoms with van der Waals surface area (Å²) in [5.74, 6) is 0.0642. The monoisotopic (exact) mass is 385 g/mol. The van der Waals surface area contributed by atoms with E-state index in [0.717, 1.165) is 0 Å². The highest BCUT2D eigenvalue weighted by Gasteiger charge is 2.43. The highest BCUT2D eigenvalue weighted by Crippen LogP contribution is 2.37. The number of benzene rings is 2. The summed E-state index contributed by atoms with van der Waals surface area (Å²) in [5.41, 5.74) is 1.20. The van der Waals surface area contributed by atoms with E-state index in [-0.39, 0.29) is 16.9 Å². The fraction of sp³-hybridized carbons (Fsp3) is 0.100. The molecule has 0 saturated carbocycles. The molecular formula is C20H14F3N3O2. The molecule has 0 aliphatic rings. The maximum absolute atomic E-state index is 13.4. The second-order valence-corrected chi connectivity index (χ2v) is 6.11. The number of H-pyrrole nitrogens is 1. The number of rotatable bonds is 4. The van der Waals surface area contributed by atoms with Crippen LogP contribution in [0.3, 0.4) is 0 Å². The van der Waals surface area contributed by atoms with E-state index in [1.54, 1.807) is 30.5 Å². The molecule has 0 saturated heterocycles. The number of aromatic amines is 1.